The normalized spacial score (nSPS) is 16.9. The Hall–Kier alpha value is -1.01. The van der Waals surface area contributed by atoms with Crippen LogP contribution in [0.15, 0.2) is 16.6 Å². The molecule has 0 radical (unpaired) electrons. The van der Waals surface area contributed by atoms with E-state index in [4.69, 9.17) is 4.74 Å². The fourth-order valence-corrected chi connectivity index (χ4v) is 2.30. The Morgan fingerprint density at radius 2 is 2.13 bits per heavy atom. The lowest BCUT2D eigenvalue weighted by Gasteiger charge is -2.16. The second kappa shape index (κ2) is 3.53. The number of rotatable bonds is 2. The maximum atomic E-state index is 9.22. The highest BCUT2D eigenvalue weighted by Crippen LogP contribution is 2.52. The van der Waals surface area contributed by atoms with Crippen molar-refractivity contribution in [2.75, 3.05) is 7.11 Å². The minimum atomic E-state index is -0.292. The fraction of sp³-hybridized carbons (Fsp3) is 0.417. The molecule has 1 fully saturated rings. The van der Waals surface area contributed by atoms with Crippen molar-refractivity contribution < 1.29 is 4.74 Å². The van der Waals surface area contributed by atoms with E-state index in [9.17, 15) is 5.26 Å². The summed E-state index contributed by atoms with van der Waals surface area (Å²) in [6.07, 6.45) is 1.88. The topological polar surface area (TPSA) is 33.0 Å². The van der Waals surface area contributed by atoms with Gasteiger partial charge in [0.25, 0.3) is 0 Å². The monoisotopic (exact) mass is 265 g/mol. The van der Waals surface area contributed by atoms with Crippen molar-refractivity contribution >= 4 is 15.9 Å². The van der Waals surface area contributed by atoms with Crippen LogP contribution in [0.1, 0.15) is 24.0 Å². The van der Waals surface area contributed by atoms with E-state index in [1.807, 2.05) is 19.1 Å². The molecule has 0 bridgehead atoms. The van der Waals surface area contributed by atoms with Gasteiger partial charge in [0.15, 0.2) is 0 Å². The first-order valence-corrected chi connectivity index (χ1v) is 5.69. The molecule has 0 N–H and O–H groups in total. The molecule has 0 aromatic heterocycles. The summed E-state index contributed by atoms with van der Waals surface area (Å²) in [5.41, 5.74) is 1.88. The molecule has 3 heteroatoms. The third-order valence-corrected chi connectivity index (χ3v) is 3.88. The number of hydrogen-bond donors (Lipinski definition) is 0. The van der Waals surface area contributed by atoms with E-state index in [0.29, 0.717) is 0 Å². The second-order valence-corrected chi connectivity index (χ2v) is 4.80. The Labute approximate surface area is 98.0 Å². The SMILES string of the molecule is COc1ccc(Br)c(C)c1C1(C#N)CC1. The van der Waals surface area contributed by atoms with Crippen molar-refractivity contribution in [3.05, 3.63) is 27.7 Å². The molecule has 1 aromatic rings. The van der Waals surface area contributed by atoms with Gasteiger partial charge >= 0.3 is 0 Å². The Morgan fingerprint density at radius 3 is 2.60 bits per heavy atom. The minimum Gasteiger partial charge on any atom is -0.496 e. The molecule has 0 heterocycles. The highest BCUT2D eigenvalue weighted by Gasteiger charge is 2.48. The first-order valence-electron chi connectivity index (χ1n) is 4.89. The smallest absolute Gasteiger partial charge is 0.124 e. The lowest BCUT2D eigenvalue weighted by molar-refractivity contribution is 0.407. The average Bonchev–Trinajstić information content (AvgIpc) is 3.02. The Morgan fingerprint density at radius 1 is 1.47 bits per heavy atom. The van der Waals surface area contributed by atoms with Crippen molar-refractivity contribution in [2.45, 2.75) is 25.2 Å². The van der Waals surface area contributed by atoms with E-state index in [2.05, 4.69) is 22.0 Å². The van der Waals surface area contributed by atoms with Gasteiger partial charge in [-0.25, -0.2) is 0 Å². The summed E-state index contributed by atoms with van der Waals surface area (Å²) >= 11 is 3.49. The summed E-state index contributed by atoms with van der Waals surface area (Å²) in [4.78, 5) is 0. The number of ether oxygens (including phenoxy) is 1. The second-order valence-electron chi connectivity index (χ2n) is 3.94. The van der Waals surface area contributed by atoms with Gasteiger partial charge in [-0.1, -0.05) is 15.9 Å². The number of nitrogens with zero attached hydrogens (tertiary/aromatic N) is 1. The van der Waals surface area contributed by atoms with Gasteiger partial charge in [0, 0.05) is 10.0 Å². The molecular formula is C12H12BrNO. The van der Waals surface area contributed by atoms with Crippen LogP contribution in [0.25, 0.3) is 0 Å². The number of methoxy groups -OCH3 is 1. The molecular weight excluding hydrogens is 254 g/mol. The van der Waals surface area contributed by atoms with Crippen molar-refractivity contribution in [3.63, 3.8) is 0 Å². The van der Waals surface area contributed by atoms with E-state index < -0.39 is 0 Å². The van der Waals surface area contributed by atoms with Gasteiger partial charge in [0.2, 0.25) is 0 Å². The third kappa shape index (κ3) is 1.53. The summed E-state index contributed by atoms with van der Waals surface area (Å²) in [5, 5.41) is 9.22. The zero-order valence-corrected chi connectivity index (χ0v) is 10.4. The first kappa shape index (κ1) is 10.5. The van der Waals surface area contributed by atoms with Crippen LogP contribution in [0.4, 0.5) is 0 Å². The molecule has 1 aromatic carbocycles. The van der Waals surface area contributed by atoms with Crippen LogP contribution in [0.5, 0.6) is 5.75 Å². The molecule has 2 nitrogen and oxygen atoms in total. The van der Waals surface area contributed by atoms with Crippen LogP contribution in [0, 0.1) is 18.3 Å². The van der Waals surface area contributed by atoms with Gasteiger partial charge in [0.05, 0.1) is 18.6 Å². The molecule has 0 unspecified atom stereocenters. The van der Waals surface area contributed by atoms with Crippen LogP contribution in [0.3, 0.4) is 0 Å². The number of nitriles is 1. The molecule has 1 saturated carbocycles. The first-order chi connectivity index (χ1) is 7.14. The Balaban J connectivity index is 2.63. The molecule has 1 aliphatic rings. The molecule has 15 heavy (non-hydrogen) atoms. The molecule has 0 spiro atoms. The van der Waals surface area contributed by atoms with E-state index in [-0.39, 0.29) is 5.41 Å². The van der Waals surface area contributed by atoms with Crippen molar-refractivity contribution in [3.8, 4) is 11.8 Å². The summed E-state index contributed by atoms with van der Waals surface area (Å²) in [7, 11) is 1.65. The summed E-state index contributed by atoms with van der Waals surface area (Å²) in [5.74, 6) is 0.828. The molecule has 0 saturated heterocycles. The highest BCUT2D eigenvalue weighted by molar-refractivity contribution is 9.10. The molecule has 2 rings (SSSR count). The maximum absolute atomic E-state index is 9.22. The quantitative estimate of drug-likeness (QED) is 0.822. The predicted molar refractivity (Wildman–Crippen MR) is 62.0 cm³/mol. The van der Waals surface area contributed by atoms with Gasteiger partial charge < -0.3 is 4.74 Å². The predicted octanol–water partition coefficient (Wildman–Crippen LogP) is 3.32. The van der Waals surface area contributed by atoms with Crippen molar-refractivity contribution in [1.29, 1.82) is 5.26 Å². The van der Waals surface area contributed by atoms with E-state index in [0.717, 1.165) is 34.2 Å². The van der Waals surface area contributed by atoms with E-state index in [1.165, 1.54) is 0 Å². The molecule has 78 valence electrons. The van der Waals surface area contributed by atoms with Gasteiger partial charge in [0.1, 0.15) is 5.75 Å². The van der Waals surface area contributed by atoms with Crippen LogP contribution in [-0.2, 0) is 5.41 Å². The van der Waals surface area contributed by atoms with Crippen LogP contribution >= 0.6 is 15.9 Å². The number of hydrogen-bond acceptors (Lipinski definition) is 2. The van der Waals surface area contributed by atoms with Crippen molar-refractivity contribution in [1.82, 2.24) is 0 Å². The fourth-order valence-electron chi connectivity index (χ4n) is 1.97. The number of benzene rings is 1. The average molecular weight is 266 g/mol. The third-order valence-electron chi connectivity index (χ3n) is 3.02. The van der Waals surface area contributed by atoms with Crippen LogP contribution in [0.2, 0.25) is 0 Å². The van der Waals surface area contributed by atoms with Gasteiger partial charge in [-0.15, -0.1) is 0 Å². The highest BCUT2D eigenvalue weighted by atomic mass is 79.9. The van der Waals surface area contributed by atoms with Gasteiger partial charge in [-0.2, -0.15) is 5.26 Å². The molecule has 1 aliphatic carbocycles. The van der Waals surface area contributed by atoms with Gasteiger partial charge in [-0.3, -0.25) is 0 Å². The Kier molecular flexibility index (Phi) is 2.47. The Bertz CT molecular complexity index is 444. The maximum Gasteiger partial charge on any atom is 0.124 e. The van der Waals surface area contributed by atoms with Gasteiger partial charge in [-0.05, 0) is 37.5 Å². The lowest BCUT2D eigenvalue weighted by Crippen LogP contribution is -2.08. The molecule has 0 amide bonds. The summed E-state index contributed by atoms with van der Waals surface area (Å²) in [6, 6.07) is 6.29. The zero-order chi connectivity index (χ0) is 11.1. The summed E-state index contributed by atoms with van der Waals surface area (Å²) in [6.45, 7) is 2.03. The van der Waals surface area contributed by atoms with E-state index >= 15 is 0 Å². The van der Waals surface area contributed by atoms with E-state index in [1.54, 1.807) is 7.11 Å². The van der Waals surface area contributed by atoms with Crippen LogP contribution in [-0.4, -0.2) is 7.11 Å². The zero-order valence-electron chi connectivity index (χ0n) is 8.80. The largest absolute Gasteiger partial charge is 0.496 e. The van der Waals surface area contributed by atoms with Crippen LogP contribution < -0.4 is 4.74 Å². The standard InChI is InChI=1S/C12H12BrNO/c1-8-9(13)3-4-10(15-2)11(8)12(7-14)5-6-12/h3-4H,5-6H2,1-2H3. The number of halogens is 1. The minimum absolute atomic E-state index is 0.292. The molecule has 0 aliphatic heterocycles. The summed E-state index contributed by atoms with van der Waals surface area (Å²) < 4.78 is 6.38. The lowest BCUT2D eigenvalue weighted by atomic mass is 9.92. The molecule has 0 atom stereocenters. The van der Waals surface area contributed by atoms with Crippen molar-refractivity contribution in [2.24, 2.45) is 0 Å².